The molecule has 1 saturated heterocycles. The number of hydrogen-bond donors (Lipinski definition) is 1. The zero-order chi connectivity index (χ0) is 19.1. The number of aryl methyl sites for hydroxylation is 1. The average Bonchev–Trinajstić information content (AvgIpc) is 3.22. The predicted octanol–water partition coefficient (Wildman–Crippen LogP) is 3.80. The highest BCUT2D eigenvalue weighted by Gasteiger charge is 2.15. The second-order valence-electron chi connectivity index (χ2n) is 6.67. The fourth-order valence-corrected chi connectivity index (χ4v) is 3.11. The summed E-state index contributed by atoms with van der Waals surface area (Å²) in [4.78, 5) is 19.1. The lowest BCUT2D eigenvalue weighted by Crippen LogP contribution is -2.20. The average molecular weight is 369 g/mol. The predicted molar refractivity (Wildman–Crippen MR) is 107 cm³/mol. The Bertz CT molecular complexity index is 756. The van der Waals surface area contributed by atoms with Crippen LogP contribution in [0.5, 0.6) is 11.5 Å². The highest BCUT2D eigenvalue weighted by Crippen LogP contribution is 2.22. The third-order valence-electron chi connectivity index (χ3n) is 4.65. The van der Waals surface area contributed by atoms with E-state index >= 15 is 0 Å². The van der Waals surface area contributed by atoms with Gasteiger partial charge in [0.05, 0.1) is 25.1 Å². The number of nitrogens with one attached hydrogen (secondary N) is 1. The van der Waals surface area contributed by atoms with Crippen molar-refractivity contribution in [2.24, 2.45) is 0 Å². The van der Waals surface area contributed by atoms with Crippen LogP contribution in [-0.2, 0) is 4.79 Å². The molecule has 0 spiro atoms. The lowest BCUT2D eigenvalue weighted by molar-refractivity contribution is -0.116. The molecule has 0 unspecified atom stereocenters. The summed E-state index contributed by atoms with van der Waals surface area (Å²) >= 11 is 0. The second kappa shape index (κ2) is 9.26. The van der Waals surface area contributed by atoms with Crippen molar-refractivity contribution in [2.45, 2.75) is 32.6 Å². The monoisotopic (exact) mass is 369 g/mol. The van der Waals surface area contributed by atoms with Crippen molar-refractivity contribution < 1.29 is 14.3 Å². The number of ether oxygens (including phenoxy) is 2. The molecule has 6 nitrogen and oxygen atoms in total. The highest BCUT2D eigenvalue weighted by atomic mass is 16.5. The van der Waals surface area contributed by atoms with E-state index in [1.165, 1.54) is 12.8 Å². The van der Waals surface area contributed by atoms with E-state index in [9.17, 15) is 4.79 Å². The summed E-state index contributed by atoms with van der Waals surface area (Å²) in [5.41, 5.74) is 1.63. The van der Waals surface area contributed by atoms with Gasteiger partial charge in [-0.1, -0.05) is 0 Å². The maximum Gasteiger partial charge on any atom is 0.224 e. The summed E-state index contributed by atoms with van der Waals surface area (Å²) < 4.78 is 10.8. The Balaban J connectivity index is 1.42. The van der Waals surface area contributed by atoms with Crippen LogP contribution in [0.25, 0.3) is 0 Å². The van der Waals surface area contributed by atoms with Crippen LogP contribution >= 0.6 is 0 Å². The summed E-state index contributed by atoms with van der Waals surface area (Å²) in [6, 6.07) is 11.3. The van der Waals surface area contributed by atoms with Crippen LogP contribution in [0, 0.1) is 6.92 Å². The Morgan fingerprint density at radius 2 is 1.81 bits per heavy atom. The third kappa shape index (κ3) is 5.36. The SMILES string of the molecule is COc1ccc(OCCCC(=O)Nc2ccc(N3CCCC3)nc2C)cc1. The van der Waals surface area contributed by atoms with E-state index in [0.717, 1.165) is 41.8 Å². The number of carbonyl (C=O) groups excluding carboxylic acids is 1. The Morgan fingerprint density at radius 3 is 2.48 bits per heavy atom. The van der Waals surface area contributed by atoms with Gasteiger partial charge >= 0.3 is 0 Å². The van der Waals surface area contributed by atoms with Crippen LogP contribution in [0.4, 0.5) is 11.5 Å². The molecule has 1 fully saturated rings. The molecule has 0 saturated carbocycles. The van der Waals surface area contributed by atoms with Gasteiger partial charge < -0.3 is 19.7 Å². The van der Waals surface area contributed by atoms with Crippen LogP contribution in [0.15, 0.2) is 36.4 Å². The first-order chi connectivity index (χ1) is 13.2. The van der Waals surface area contributed by atoms with Crippen LogP contribution in [-0.4, -0.2) is 37.7 Å². The van der Waals surface area contributed by atoms with E-state index in [1.54, 1.807) is 7.11 Å². The van der Waals surface area contributed by atoms with Gasteiger partial charge in [-0.05, 0) is 62.6 Å². The molecule has 1 amide bonds. The molecule has 0 atom stereocenters. The summed E-state index contributed by atoms with van der Waals surface area (Å²) in [6.45, 7) is 4.55. The van der Waals surface area contributed by atoms with Gasteiger partial charge in [0.25, 0.3) is 0 Å². The molecule has 1 aromatic heterocycles. The molecule has 1 aromatic carbocycles. The highest BCUT2D eigenvalue weighted by molar-refractivity contribution is 5.91. The van der Waals surface area contributed by atoms with E-state index in [1.807, 2.05) is 43.3 Å². The lowest BCUT2D eigenvalue weighted by atomic mass is 10.2. The third-order valence-corrected chi connectivity index (χ3v) is 4.65. The first-order valence-electron chi connectivity index (χ1n) is 9.45. The van der Waals surface area contributed by atoms with E-state index in [4.69, 9.17) is 9.47 Å². The van der Waals surface area contributed by atoms with Crippen molar-refractivity contribution in [1.82, 2.24) is 4.98 Å². The maximum absolute atomic E-state index is 12.2. The minimum atomic E-state index is -0.0212. The van der Waals surface area contributed by atoms with Gasteiger partial charge in [0, 0.05) is 19.5 Å². The minimum absolute atomic E-state index is 0.0212. The quantitative estimate of drug-likeness (QED) is 0.717. The van der Waals surface area contributed by atoms with E-state index in [-0.39, 0.29) is 5.91 Å². The number of rotatable bonds is 8. The number of benzene rings is 1. The number of methoxy groups -OCH3 is 1. The summed E-state index contributed by atoms with van der Waals surface area (Å²) in [5.74, 6) is 2.54. The molecule has 3 rings (SSSR count). The van der Waals surface area contributed by atoms with Gasteiger partial charge in [-0.2, -0.15) is 0 Å². The summed E-state index contributed by atoms with van der Waals surface area (Å²) in [6.07, 6.45) is 3.50. The van der Waals surface area contributed by atoms with E-state index < -0.39 is 0 Å². The lowest BCUT2D eigenvalue weighted by Gasteiger charge is -2.18. The zero-order valence-corrected chi connectivity index (χ0v) is 16.0. The first kappa shape index (κ1) is 19.0. The van der Waals surface area contributed by atoms with Crippen LogP contribution in [0.1, 0.15) is 31.4 Å². The van der Waals surface area contributed by atoms with Gasteiger partial charge in [-0.3, -0.25) is 4.79 Å². The molecule has 6 heteroatoms. The normalized spacial score (nSPS) is 13.5. The van der Waals surface area contributed by atoms with Gasteiger partial charge in [0.1, 0.15) is 17.3 Å². The van der Waals surface area contributed by atoms with Crippen molar-refractivity contribution in [1.29, 1.82) is 0 Å². The number of nitrogens with zero attached hydrogens (tertiary/aromatic N) is 2. The summed E-state index contributed by atoms with van der Waals surface area (Å²) in [7, 11) is 1.63. The summed E-state index contributed by atoms with van der Waals surface area (Å²) in [5, 5.41) is 2.95. The molecule has 0 radical (unpaired) electrons. The minimum Gasteiger partial charge on any atom is -0.497 e. The molecular weight excluding hydrogens is 342 g/mol. The number of anilines is 2. The molecular formula is C21H27N3O3. The largest absolute Gasteiger partial charge is 0.497 e. The fourth-order valence-electron chi connectivity index (χ4n) is 3.11. The van der Waals surface area contributed by atoms with Gasteiger partial charge in [0.2, 0.25) is 5.91 Å². The van der Waals surface area contributed by atoms with Gasteiger partial charge in [0.15, 0.2) is 0 Å². The Morgan fingerprint density at radius 1 is 1.11 bits per heavy atom. The van der Waals surface area contributed by atoms with E-state index in [0.29, 0.717) is 19.4 Å². The maximum atomic E-state index is 12.2. The smallest absolute Gasteiger partial charge is 0.224 e. The molecule has 1 N–H and O–H groups in total. The molecule has 0 bridgehead atoms. The molecule has 0 aliphatic carbocycles. The van der Waals surface area contributed by atoms with Crippen molar-refractivity contribution >= 4 is 17.4 Å². The number of pyridine rings is 1. The van der Waals surface area contributed by atoms with Crippen molar-refractivity contribution in [3.05, 3.63) is 42.1 Å². The van der Waals surface area contributed by atoms with E-state index in [2.05, 4.69) is 15.2 Å². The number of carbonyl (C=O) groups is 1. The second-order valence-corrected chi connectivity index (χ2v) is 6.67. The van der Waals surface area contributed by atoms with Crippen LogP contribution in [0.2, 0.25) is 0 Å². The van der Waals surface area contributed by atoms with Crippen molar-refractivity contribution in [2.75, 3.05) is 37.0 Å². The van der Waals surface area contributed by atoms with Crippen LogP contribution in [0.3, 0.4) is 0 Å². The molecule has 1 aliphatic heterocycles. The van der Waals surface area contributed by atoms with Crippen LogP contribution < -0.4 is 19.7 Å². The molecule has 2 aromatic rings. The first-order valence-corrected chi connectivity index (χ1v) is 9.45. The Hall–Kier alpha value is -2.76. The van der Waals surface area contributed by atoms with Crippen molar-refractivity contribution in [3.8, 4) is 11.5 Å². The number of aromatic nitrogens is 1. The molecule has 144 valence electrons. The molecule has 1 aliphatic rings. The van der Waals surface area contributed by atoms with Crippen molar-refractivity contribution in [3.63, 3.8) is 0 Å². The number of hydrogen-bond acceptors (Lipinski definition) is 5. The zero-order valence-electron chi connectivity index (χ0n) is 16.0. The Kier molecular flexibility index (Phi) is 6.52. The molecule has 27 heavy (non-hydrogen) atoms. The fraction of sp³-hybridized carbons (Fsp3) is 0.429. The van der Waals surface area contributed by atoms with Gasteiger partial charge in [-0.15, -0.1) is 0 Å². The Labute approximate surface area is 160 Å². The molecule has 2 heterocycles. The van der Waals surface area contributed by atoms with Gasteiger partial charge in [-0.25, -0.2) is 4.98 Å². The topological polar surface area (TPSA) is 63.7 Å². The number of amides is 1. The standard InChI is InChI=1S/C21H27N3O3/c1-16-19(11-12-20(22-16)24-13-3-4-14-24)23-21(25)6-5-15-27-18-9-7-17(26-2)8-10-18/h7-12H,3-6,13-15H2,1-2H3,(H,23,25).